The van der Waals surface area contributed by atoms with Crippen LogP contribution < -0.4 is 0 Å². The second-order valence-electron chi connectivity index (χ2n) is 11.8. The summed E-state index contributed by atoms with van der Waals surface area (Å²) in [6.07, 6.45) is 9.82. The lowest BCUT2D eigenvalue weighted by molar-refractivity contribution is -0.174. The fourth-order valence-electron chi connectivity index (χ4n) is 8.96. The zero-order chi connectivity index (χ0) is 21.7. The van der Waals surface area contributed by atoms with Crippen molar-refractivity contribution < 1.29 is 19.7 Å². The van der Waals surface area contributed by atoms with Gasteiger partial charge >= 0.3 is 5.97 Å². The van der Waals surface area contributed by atoms with Crippen molar-refractivity contribution in [1.29, 1.82) is 0 Å². The van der Waals surface area contributed by atoms with E-state index in [9.17, 15) is 15.0 Å². The summed E-state index contributed by atoms with van der Waals surface area (Å²) in [5, 5.41) is 21.6. The minimum absolute atomic E-state index is 0.0612. The van der Waals surface area contributed by atoms with Gasteiger partial charge in [0.1, 0.15) is 0 Å². The monoisotopic (exact) mass is 420 g/mol. The molecule has 2 N–H and O–H groups in total. The van der Waals surface area contributed by atoms with E-state index in [2.05, 4.69) is 20.8 Å². The second-order valence-corrected chi connectivity index (χ2v) is 11.8. The molecule has 172 valence electrons. The Bertz CT molecular complexity index is 635. The van der Waals surface area contributed by atoms with Crippen LogP contribution in [0, 0.1) is 46.3 Å². The first-order valence-electron chi connectivity index (χ1n) is 12.7. The maximum atomic E-state index is 11.9. The van der Waals surface area contributed by atoms with E-state index in [-0.39, 0.29) is 29.0 Å². The molecule has 0 heterocycles. The lowest BCUT2D eigenvalue weighted by Crippen LogP contribution is -2.58. The third-order valence-corrected chi connectivity index (χ3v) is 10.5. The maximum absolute atomic E-state index is 11.9. The summed E-state index contributed by atoms with van der Waals surface area (Å²) in [5.41, 5.74) is 0.575. The molecule has 0 radical (unpaired) electrons. The first-order chi connectivity index (χ1) is 14.2. The smallest absolute Gasteiger partial charge is 0.305 e. The summed E-state index contributed by atoms with van der Waals surface area (Å²) >= 11 is 0. The molecule has 4 nitrogen and oxygen atoms in total. The Labute approximate surface area is 183 Å². The zero-order valence-electron chi connectivity index (χ0n) is 19.6. The summed E-state index contributed by atoms with van der Waals surface area (Å²) in [6, 6.07) is 0. The van der Waals surface area contributed by atoms with E-state index < -0.39 is 0 Å². The Morgan fingerprint density at radius 2 is 1.73 bits per heavy atom. The van der Waals surface area contributed by atoms with Gasteiger partial charge in [0, 0.05) is 6.42 Å². The van der Waals surface area contributed by atoms with Crippen molar-refractivity contribution in [2.45, 2.75) is 104 Å². The predicted octanol–water partition coefficient (Wildman–Crippen LogP) is 4.96. The Morgan fingerprint density at radius 1 is 1.03 bits per heavy atom. The van der Waals surface area contributed by atoms with Crippen LogP contribution in [0.15, 0.2) is 0 Å². The van der Waals surface area contributed by atoms with Gasteiger partial charge in [-0.25, -0.2) is 0 Å². The highest BCUT2D eigenvalue weighted by Gasteiger charge is 2.62. The Balaban J connectivity index is 1.49. The van der Waals surface area contributed by atoms with Crippen molar-refractivity contribution >= 4 is 5.97 Å². The molecule has 0 amide bonds. The number of aliphatic hydroxyl groups is 2. The van der Waals surface area contributed by atoms with Crippen molar-refractivity contribution in [2.24, 2.45) is 46.3 Å². The van der Waals surface area contributed by atoms with Gasteiger partial charge in [-0.1, -0.05) is 20.8 Å². The molecule has 0 spiro atoms. The van der Waals surface area contributed by atoms with E-state index in [1.165, 1.54) is 25.7 Å². The van der Waals surface area contributed by atoms with Crippen LogP contribution in [0.4, 0.5) is 0 Å². The van der Waals surface area contributed by atoms with Crippen molar-refractivity contribution in [1.82, 2.24) is 0 Å². The van der Waals surface area contributed by atoms with Crippen LogP contribution in [-0.4, -0.2) is 35.0 Å². The normalized spacial score (nSPS) is 48.9. The number of esters is 1. The first-order valence-corrected chi connectivity index (χ1v) is 12.7. The van der Waals surface area contributed by atoms with Gasteiger partial charge in [-0.15, -0.1) is 0 Å². The van der Waals surface area contributed by atoms with Crippen LogP contribution in [0.5, 0.6) is 0 Å². The summed E-state index contributed by atoms with van der Waals surface area (Å²) in [7, 11) is 0. The number of hydrogen-bond acceptors (Lipinski definition) is 4. The Kier molecular flexibility index (Phi) is 6.31. The van der Waals surface area contributed by atoms with Crippen LogP contribution >= 0.6 is 0 Å². The minimum Gasteiger partial charge on any atom is -0.466 e. The SMILES string of the molecule is CCOC(=O)CC[C@@H](C)[C@H]1CCC2[C@H]3C(CCC21C)C1(C)CC[C@@H](O)CC1C[C@H]3O. The molecule has 4 fully saturated rings. The largest absolute Gasteiger partial charge is 0.466 e. The van der Waals surface area contributed by atoms with Gasteiger partial charge in [-0.2, -0.15) is 0 Å². The average Bonchev–Trinajstić information content (AvgIpc) is 3.05. The summed E-state index contributed by atoms with van der Waals surface area (Å²) in [5.74, 6) is 3.20. The van der Waals surface area contributed by atoms with Gasteiger partial charge in [0.2, 0.25) is 0 Å². The van der Waals surface area contributed by atoms with Crippen LogP contribution in [0.2, 0.25) is 0 Å². The van der Waals surface area contributed by atoms with Crippen LogP contribution in [0.1, 0.15) is 91.9 Å². The summed E-state index contributed by atoms with van der Waals surface area (Å²) < 4.78 is 5.15. The first kappa shape index (κ1) is 22.6. The van der Waals surface area contributed by atoms with Crippen LogP contribution in [0.25, 0.3) is 0 Å². The van der Waals surface area contributed by atoms with Crippen molar-refractivity contribution in [3.8, 4) is 0 Å². The summed E-state index contributed by atoms with van der Waals surface area (Å²) in [4.78, 5) is 11.9. The van der Waals surface area contributed by atoms with Gasteiger partial charge in [0.05, 0.1) is 18.8 Å². The molecular formula is C26H44O4. The standard InChI is InChI=1S/C26H44O4/c1-5-30-23(29)9-6-16(2)19-7-8-20-24-21(11-13-26(19,20)4)25(3)12-10-18(27)14-17(25)15-22(24)28/h16-22,24,27-28H,5-15H2,1-4H3/t16-,17?,18-,19-,20?,21?,22-,24+,25?,26?/m1/s1. The van der Waals surface area contributed by atoms with E-state index in [4.69, 9.17) is 4.74 Å². The molecule has 4 saturated carbocycles. The van der Waals surface area contributed by atoms with E-state index in [0.29, 0.717) is 48.5 Å². The van der Waals surface area contributed by atoms with Crippen molar-refractivity contribution in [3.63, 3.8) is 0 Å². The molecule has 0 aromatic rings. The third-order valence-electron chi connectivity index (χ3n) is 10.5. The van der Waals surface area contributed by atoms with Crippen LogP contribution in [-0.2, 0) is 9.53 Å². The molecule has 4 rings (SSSR count). The molecule has 0 aromatic heterocycles. The lowest BCUT2D eigenvalue weighted by Gasteiger charge is -2.62. The third kappa shape index (κ3) is 3.64. The molecule has 4 aliphatic rings. The molecular weight excluding hydrogens is 376 g/mol. The van der Waals surface area contributed by atoms with Crippen molar-refractivity contribution in [2.75, 3.05) is 6.61 Å². The van der Waals surface area contributed by atoms with E-state index in [1.54, 1.807) is 0 Å². The van der Waals surface area contributed by atoms with Gasteiger partial charge in [0.15, 0.2) is 0 Å². The van der Waals surface area contributed by atoms with E-state index in [1.807, 2.05) is 6.92 Å². The Hall–Kier alpha value is -0.610. The van der Waals surface area contributed by atoms with Gasteiger partial charge in [-0.05, 0) is 111 Å². The second kappa shape index (κ2) is 8.39. The molecule has 0 saturated heterocycles. The number of aliphatic hydroxyl groups excluding tert-OH is 2. The number of fused-ring (bicyclic) bond motifs is 5. The highest BCUT2D eigenvalue weighted by molar-refractivity contribution is 5.69. The van der Waals surface area contributed by atoms with Gasteiger partial charge in [0.25, 0.3) is 0 Å². The Morgan fingerprint density at radius 3 is 2.47 bits per heavy atom. The summed E-state index contributed by atoms with van der Waals surface area (Å²) in [6.45, 7) is 9.65. The van der Waals surface area contributed by atoms with Crippen LogP contribution in [0.3, 0.4) is 0 Å². The number of carbonyl (C=O) groups excluding carboxylic acids is 1. The van der Waals surface area contributed by atoms with E-state index >= 15 is 0 Å². The molecule has 10 atom stereocenters. The average molecular weight is 421 g/mol. The van der Waals surface area contributed by atoms with Gasteiger partial charge in [-0.3, -0.25) is 4.79 Å². The predicted molar refractivity (Wildman–Crippen MR) is 118 cm³/mol. The molecule has 4 heteroatoms. The quantitative estimate of drug-likeness (QED) is 0.617. The highest BCUT2D eigenvalue weighted by Crippen LogP contribution is 2.68. The molecule has 30 heavy (non-hydrogen) atoms. The number of carbonyl (C=O) groups is 1. The topological polar surface area (TPSA) is 66.8 Å². The number of hydrogen-bond donors (Lipinski definition) is 2. The number of ether oxygens (including phenoxy) is 1. The fraction of sp³-hybridized carbons (Fsp3) is 0.962. The highest BCUT2D eigenvalue weighted by atomic mass is 16.5. The zero-order valence-corrected chi connectivity index (χ0v) is 19.6. The molecule has 4 aliphatic carbocycles. The van der Waals surface area contributed by atoms with E-state index in [0.717, 1.165) is 32.1 Å². The van der Waals surface area contributed by atoms with Crippen molar-refractivity contribution in [3.05, 3.63) is 0 Å². The maximum Gasteiger partial charge on any atom is 0.305 e. The fourth-order valence-corrected chi connectivity index (χ4v) is 8.96. The van der Waals surface area contributed by atoms with Gasteiger partial charge < -0.3 is 14.9 Å². The molecule has 0 aromatic carbocycles. The molecule has 0 aliphatic heterocycles. The molecule has 0 bridgehead atoms. The molecule has 5 unspecified atom stereocenters. The minimum atomic E-state index is -0.211. The lowest BCUT2D eigenvalue weighted by atomic mass is 9.43. The number of rotatable bonds is 5.